The molecule has 0 unspecified atom stereocenters. The van der Waals surface area contributed by atoms with Gasteiger partial charge in [0.2, 0.25) is 5.91 Å². The Morgan fingerprint density at radius 1 is 1.04 bits per heavy atom. The molecule has 1 aliphatic rings. The highest BCUT2D eigenvalue weighted by molar-refractivity contribution is 7.16. The van der Waals surface area contributed by atoms with Gasteiger partial charge in [0.1, 0.15) is 17.0 Å². The van der Waals surface area contributed by atoms with E-state index in [2.05, 4.69) is 14.9 Å². The van der Waals surface area contributed by atoms with E-state index in [1.807, 2.05) is 16.3 Å². The number of aryl methyl sites for hydroxylation is 1. The van der Waals surface area contributed by atoms with Gasteiger partial charge in [-0.25, -0.2) is 14.8 Å². The molecule has 0 aliphatic carbocycles. The number of nitrogens with zero attached hydrogens (tertiary/aromatic N) is 4. The number of hydrogen-bond donors (Lipinski definition) is 1. The number of carboxylic acid groups (broad SMARTS) is 1. The number of thiophene rings is 1. The second kappa shape index (κ2) is 7.93. The summed E-state index contributed by atoms with van der Waals surface area (Å²) in [5, 5.41) is 12.0. The number of carbonyl (C=O) groups excluding carboxylic acids is 1. The minimum absolute atomic E-state index is 0.130. The molecule has 1 N–H and O–H groups in total. The predicted octanol–water partition coefficient (Wildman–Crippen LogP) is 2.67. The van der Waals surface area contributed by atoms with Gasteiger partial charge < -0.3 is 14.9 Å². The van der Waals surface area contributed by atoms with Crippen LogP contribution >= 0.6 is 11.3 Å². The number of anilines is 1. The number of hydrogen-bond acceptors (Lipinski definition) is 6. The largest absolute Gasteiger partial charge is 0.478 e. The average Bonchev–Trinajstić information content (AvgIpc) is 3.21. The lowest BCUT2D eigenvalue weighted by Gasteiger charge is -2.35. The highest BCUT2D eigenvalue weighted by atomic mass is 32.1. The Hall–Kier alpha value is -3.00. The summed E-state index contributed by atoms with van der Waals surface area (Å²) in [6.45, 7) is 2.85. The van der Waals surface area contributed by atoms with Crippen LogP contribution in [0.2, 0.25) is 0 Å². The van der Waals surface area contributed by atoms with Gasteiger partial charge in [-0.05, 0) is 35.6 Å². The molecule has 28 heavy (non-hydrogen) atoms. The molecule has 2 aromatic heterocycles. The SMILES string of the molecule is O=C(O)c1ccc(CCC(=O)N2CCN(c3ncnc4sccc34)CC2)cc1. The molecule has 1 aliphatic heterocycles. The van der Waals surface area contributed by atoms with E-state index in [1.165, 1.54) is 0 Å². The van der Waals surface area contributed by atoms with E-state index >= 15 is 0 Å². The minimum atomic E-state index is -0.941. The van der Waals surface area contributed by atoms with Crippen LogP contribution in [0.25, 0.3) is 10.2 Å². The second-order valence-corrected chi connectivity index (χ2v) is 7.60. The number of piperazine rings is 1. The van der Waals surface area contributed by atoms with Gasteiger partial charge in [-0.15, -0.1) is 11.3 Å². The lowest BCUT2D eigenvalue weighted by atomic mass is 10.1. The van der Waals surface area contributed by atoms with Gasteiger partial charge >= 0.3 is 5.97 Å². The van der Waals surface area contributed by atoms with Crippen molar-refractivity contribution in [3.8, 4) is 0 Å². The summed E-state index contributed by atoms with van der Waals surface area (Å²) in [6.07, 6.45) is 2.64. The molecule has 3 heterocycles. The summed E-state index contributed by atoms with van der Waals surface area (Å²) in [6, 6.07) is 8.75. The van der Waals surface area contributed by atoms with Crippen LogP contribution < -0.4 is 4.90 Å². The number of amides is 1. The fourth-order valence-corrected chi connectivity index (χ4v) is 4.15. The fraction of sp³-hybridized carbons (Fsp3) is 0.300. The van der Waals surface area contributed by atoms with Crippen molar-refractivity contribution in [2.24, 2.45) is 0 Å². The Balaban J connectivity index is 1.31. The van der Waals surface area contributed by atoms with Crippen molar-refractivity contribution in [2.45, 2.75) is 12.8 Å². The molecule has 8 heteroatoms. The van der Waals surface area contributed by atoms with Crippen molar-refractivity contribution < 1.29 is 14.7 Å². The first-order valence-corrected chi connectivity index (χ1v) is 10.0. The van der Waals surface area contributed by atoms with Gasteiger partial charge in [0.15, 0.2) is 0 Å². The van der Waals surface area contributed by atoms with Crippen LogP contribution in [0.1, 0.15) is 22.3 Å². The van der Waals surface area contributed by atoms with Gasteiger partial charge in [-0.2, -0.15) is 0 Å². The number of fused-ring (bicyclic) bond motifs is 1. The molecular formula is C20H20N4O3S. The zero-order valence-corrected chi connectivity index (χ0v) is 16.1. The lowest BCUT2D eigenvalue weighted by Crippen LogP contribution is -2.49. The topological polar surface area (TPSA) is 86.6 Å². The predicted molar refractivity (Wildman–Crippen MR) is 108 cm³/mol. The Morgan fingerprint density at radius 2 is 1.79 bits per heavy atom. The fourth-order valence-electron chi connectivity index (χ4n) is 3.42. The van der Waals surface area contributed by atoms with E-state index in [9.17, 15) is 9.59 Å². The molecule has 0 bridgehead atoms. The molecule has 0 spiro atoms. The summed E-state index contributed by atoms with van der Waals surface area (Å²) in [5.74, 6) is 0.131. The Kier molecular flexibility index (Phi) is 5.21. The van der Waals surface area contributed by atoms with E-state index < -0.39 is 5.97 Å². The summed E-state index contributed by atoms with van der Waals surface area (Å²) in [5.41, 5.74) is 1.23. The quantitative estimate of drug-likeness (QED) is 0.714. The maximum Gasteiger partial charge on any atom is 0.335 e. The first kappa shape index (κ1) is 18.4. The van der Waals surface area contributed by atoms with Crippen LogP contribution in [0, 0.1) is 0 Å². The molecule has 1 amide bonds. The van der Waals surface area contributed by atoms with E-state index in [1.54, 1.807) is 41.9 Å². The maximum atomic E-state index is 12.6. The van der Waals surface area contributed by atoms with E-state index in [0.29, 0.717) is 25.9 Å². The van der Waals surface area contributed by atoms with Crippen molar-refractivity contribution >= 4 is 39.2 Å². The molecule has 0 radical (unpaired) electrons. The first-order chi connectivity index (χ1) is 13.6. The van der Waals surface area contributed by atoms with E-state index in [4.69, 9.17) is 5.11 Å². The number of carboxylic acids is 1. The Morgan fingerprint density at radius 3 is 2.50 bits per heavy atom. The second-order valence-electron chi connectivity index (χ2n) is 6.71. The van der Waals surface area contributed by atoms with Crippen LogP contribution in [0.3, 0.4) is 0 Å². The van der Waals surface area contributed by atoms with E-state index in [0.717, 1.165) is 34.7 Å². The summed E-state index contributed by atoms with van der Waals surface area (Å²) >= 11 is 1.60. The van der Waals surface area contributed by atoms with Gasteiger partial charge in [-0.1, -0.05) is 12.1 Å². The van der Waals surface area contributed by atoms with Crippen molar-refractivity contribution in [2.75, 3.05) is 31.1 Å². The number of carbonyl (C=O) groups is 2. The average molecular weight is 396 g/mol. The van der Waals surface area contributed by atoms with Gasteiger partial charge in [-0.3, -0.25) is 4.79 Å². The third kappa shape index (κ3) is 3.82. The van der Waals surface area contributed by atoms with Crippen molar-refractivity contribution in [3.63, 3.8) is 0 Å². The summed E-state index contributed by atoms with van der Waals surface area (Å²) < 4.78 is 0. The number of rotatable bonds is 5. The first-order valence-electron chi connectivity index (χ1n) is 9.15. The van der Waals surface area contributed by atoms with Crippen LogP contribution in [0.5, 0.6) is 0 Å². The summed E-state index contributed by atoms with van der Waals surface area (Å²) in [4.78, 5) is 37.3. The smallest absolute Gasteiger partial charge is 0.335 e. The molecule has 7 nitrogen and oxygen atoms in total. The molecule has 144 valence electrons. The molecule has 4 rings (SSSR count). The lowest BCUT2D eigenvalue weighted by molar-refractivity contribution is -0.131. The standard InChI is InChI=1S/C20H20N4O3S/c25-17(6-3-14-1-4-15(5-2-14)20(26)27)23-8-10-24(11-9-23)18-16-7-12-28-19(16)22-13-21-18/h1-2,4-5,7,12-13H,3,6,8-11H2,(H,26,27). The molecule has 0 saturated carbocycles. The Bertz CT molecular complexity index is 994. The van der Waals surface area contributed by atoms with Crippen LogP contribution in [-0.4, -0.2) is 58.0 Å². The molecule has 1 fully saturated rings. The van der Waals surface area contributed by atoms with Crippen LogP contribution in [0.4, 0.5) is 5.82 Å². The third-order valence-electron chi connectivity index (χ3n) is 5.00. The molecule has 3 aromatic rings. The van der Waals surface area contributed by atoms with Crippen molar-refractivity contribution in [1.82, 2.24) is 14.9 Å². The molecule has 1 saturated heterocycles. The molecular weight excluding hydrogens is 376 g/mol. The Labute approximate surface area is 166 Å². The number of benzene rings is 1. The van der Waals surface area contributed by atoms with Gasteiger partial charge in [0.25, 0.3) is 0 Å². The zero-order chi connectivity index (χ0) is 19.5. The molecule has 0 atom stereocenters. The van der Waals surface area contributed by atoms with Crippen molar-refractivity contribution in [1.29, 1.82) is 0 Å². The zero-order valence-electron chi connectivity index (χ0n) is 15.2. The van der Waals surface area contributed by atoms with Crippen LogP contribution in [0.15, 0.2) is 42.0 Å². The summed E-state index contributed by atoms with van der Waals surface area (Å²) in [7, 11) is 0. The maximum absolute atomic E-state index is 12.6. The highest BCUT2D eigenvalue weighted by Gasteiger charge is 2.23. The minimum Gasteiger partial charge on any atom is -0.478 e. The monoisotopic (exact) mass is 396 g/mol. The van der Waals surface area contributed by atoms with Gasteiger partial charge in [0.05, 0.1) is 10.9 Å². The molecule has 1 aromatic carbocycles. The van der Waals surface area contributed by atoms with Crippen molar-refractivity contribution in [3.05, 3.63) is 53.2 Å². The van der Waals surface area contributed by atoms with E-state index in [-0.39, 0.29) is 11.5 Å². The van der Waals surface area contributed by atoms with Gasteiger partial charge in [0, 0.05) is 32.6 Å². The number of aromatic carboxylic acids is 1. The van der Waals surface area contributed by atoms with Crippen LogP contribution in [-0.2, 0) is 11.2 Å². The normalized spacial score (nSPS) is 14.4. The third-order valence-corrected chi connectivity index (χ3v) is 5.82. The number of aromatic nitrogens is 2. The highest BCUT2D eigenvalue weighted by Crippen LogP contribution is 2.27.